The normalized spacial score (nSPS) is 18.5. The number of rotatable bonds is 5. The van der Waals surface area contributed by atoms with Gasteiger partial charge in [0.15, 0.2) is 5.75 Å². The van der Waals surface area contributed by atoms with Gasteiger partial charge in [0.2, 0.25) is 5.95 Å². The van der Waals surface area contributed by atoms with Gasteiger partial charge in [0, 0.05) is 13.1 Å². The number of anilines is 1. The van der Waals surface area contributed by atoms with Crippen molar-refractivity contribution in [1.82, 2.24) is 24.8 Å². The van der Waals surface area contributed by atoms with Crippen LogP contribution in [0.1, 0.15) is 17.8 Å². The van der Waals surface area contributed by atoms with E-state index in [0.29, 0.717) is 40.7 Å². The maximum absolute atomic E-state index is 14.3. The topological polar surface area (TPSA) is 129 Å². The molecule has 3 aromatic rings. The Labute approximate surface area is 176 Å². The Hall–Kier alpha value is -3.94. The molecule has 0 spiro atoms. The molecule has 0 bridgehead atoms. The van der Waals surface area contributed by atoms with Crippen LogP contribution in [0.25, 0.3) is 11.0 Å². The number of hydrogen-bond acceptors (Lipinski definition) is 7. The standard InChI is InChI=1S/C20H20FN7O3/c1-31-13-8-23-18(24-9-13)11-28-17-6-12(7-22)2-3-15(17)25-19(28)27-5-4-14(21)16(10-27)26-20(29)30/h2-3,6,8-9,14,16,26H,4-5,10-11H2,1H3,(H,29,30)/t14-,16-/m1/s1. The molecule has 2 atom stereocenters. The number of nitriles is 1. The summed E-state index contributed by atoms with van der Waals surface area (Å²) in [6.07, 6.45) is 0.733. The molecule has 3 heterocycles. The molecule has 0 unspecified atom stereocenters. The number of methoxy groups -OCH3 is 1. The molecular formula is C20H20FN7O3. The number of alkyl halides is 1. The number of aromatic nitrogens is 4. The summed E-state index contributed by atoms with van der Waals surface area (Å²) in [5, 5.41) is 20.6. The first kappa shape index (κ1) is 20.3. The van der Waals surface area contributed by atoms with E-state index in [1.807, 2.05) is 9.47 Å². The van der Waals surface area contributed by atoms with Gasteiger partial charge >= 0.3 is 6.09 Å². The molecule has 1 aliphatic rings. The van der Waals surface area contributed by atoms with Crippen LogP contribution in [0.4, 0.5) is 15.1 Å². The highest BCUT2D eigenvalue weighted by atomic mass is 19.1. The highest BCUT2D eigenvalue weighted by Gasteiger charge is 2.32. The van der Waals surface area contributed by atoms with Crippen LogP contribution >= 0.6 is 0 Å². The van der Waals surface area contributed by atoms with E-state index < -0.39 is 18.3 Å². The summed E-state index contributed by atoms with van der Waals surface area (Å²) in [4.78, 5) is 26.2. The summed E-state index contributed by atoms with van der Waals surface area (Å²) in [6.45, 7) is 0.763. The molecule has 1 saturated heterocycles. The number of halogens is 1. The molecule has 2 aromatic heterocycles. The molecule has 0 saturated carbocycles. The van der Waals surface area contributed by atoms with Gasteiger partial charge in [-0.1, -0.05) is 0 Å². The van der Waals surface area contributed by atoms with Crippen LogP contribution < -0.4 is 15.0 Å². The number of piperidine rings is 1. The van der Waals surface area contributed by atoms with Crippen molar-refractivity contribution in [3.63, 3.8) is 0 Å². The van der Waals surface area contributed by atoms with Gasteiger partial charge in [0.05, 0.1) is 54.8 Å². The lowest BCUT2D eigenvalue weighted by molar-refractivity contribution is 0.167. The Kier molecular flexibility index (Phi) is 5.53. The van der Waals surface area contributed by atoms with Gasteiger partial charge in [-0.2, -0.15) is 5.26 Å². The summed E-state index contributed by atoms with van der Waals surface area (Å²) in [7, 11) is 1.53. The molecule has 1 fully saturated rings. The van der Waals surface area contributed by atoms with Crippen molar-refractivity contribution < 1.29 is 19.0 Å². The van der Waals surface area contributed by atoms with Gasteiger partial charge in [-0.25, -0.2) is 24.1 Å². The monoisotopic (exact) mass is 425 g/mol. The third-order valence-electron chi connectivity index (χ3n) is 5.19. The van der Waals surface area contributed by atoms with Crippen LogP contribution in [-0.4, -0.2) is 63.1 Å². The van der Waals surface area contributed by atoms with Crippen molar-refractivity contribution in [2.75, 3.05) is 25.1 Å². The first-order chi connectivity index (χ1) is 15.0. The van der Waals surface area contributed by atoms with Crippen molar-refractivity contribution in [3.05, 3.63) is 42.0 Å². The van der Waals surface area contributed by atoms with E-state index in [2.05, 4.69) is 26.3 Å². The zero-order valence-corrected chi connectivity index (χ0v) is 16.7. The van der Waals surface area contributed by atoms with Gasteiger partial charge in [-0.05, 0) is 24.6 Å². The van der Waals surface area contributed by atoms with Crippen molar-refractivity contribution in [3.8, 4) is 11.8 Å². The molecule has 11 heteroatoms. The smallest absolute Gasteiger partial charge is 0.405 e. The van der Waals surface area contributed by atoms with Crippen LogP contribution in [0, 0.1) is 11.3 Å². The van der Waals surface area contributed by atoms with Crippen LogP contribution in [0.15, 0.2) is 30.6 Å². The first-order valence-electron chi connectivity index (χ1n) is 9.62. The van der Waals surface area contributed by atoms with Crippen LogP contribution in [0.2, 0.25) is 0 Å². The van der Waals surface area contributed by atoms with E-state index in [9.17, 15) is 14.4 Å². The molecular weight excluding hydrogens is 405 g/mol. The van der Waals surface area contributed by atoms with Crippen LogP contribution in [0.5, 0.6) is 5.75 Å². The maximum Gasteiger partial charge on any atom is 0.405 e. The Morgan fingerprint density at radius 3 is 2.87 bits per heavy atom. The van der Waals surface area contributed by atoms with E-state index in [0.717, 1.165) is 0 Å². The first-order valence-corrected chi connectivity index (χ1v) is 9.62. The number of nitrogens with one attached hydrogen (secondary N) is 1. The van der Waals surface area contributed by atoms with E-state index in [-0.39, 0.29) is 19.5 Å². The molecule has 4 rings (SSSR count). The maximum atomic E-state index is 14.3. The lowest BCUT2D eigenvalue weighted by atomic mass is 10.0. The van der Waals surface area contributed by atoms with E-state index in [4.69, 9.17) is 9.84 Å². The van der Waals surface area contributed by atoms with Crippen LogP contribution in [-0.2, 0) is 6.54 Å². The molecule has 1 aliphatic heterocycles. The number of carboxylic acid groups (broad SMARTS) is 1. The Balaban J connectivity index is 1.74. The van der Waals surface area contributed by atoms with E-state index in [1.165, 1.54) is 7.11 Å². The summed E-state index contributed by atoms with van der Waals surface area (Å²) in [6, 6.07) is 6.40. The van der Waals surface area contributed by atoms with E-state index >= 15 is 0 Å². The number of nitrogens with zero attached hydrogens (tertiary/aromatic N) is 6. The number of ether oxygens (including phenoxy) is 1. The van der Waals surface area contributed by atoms with E-state index in [1.54, 1.807) is 30.6 Å². The quantitative estimate of drug-likeness (QED) is 0.634. The minimum Gasteiger partial charge on any atom is -0.494 e. The number of fused-ring (bicyclic) bond motifs is 1. The lowest BCUT2D eigenvalue weighted by Gasteiger charge is -2.35. The van der Waals surface area contributed by atoms with Gasteiger partial charge in [-0.3, -0.25) is 0 Å². The average Bonchev–Trinajstić information content (AvgIpc) is 3.13. The number of amides is 1. The minimum atomic E-state index is -1.28. The predicted octanol–water partition coefficient (Wildman–Crippen LogP) is 1.94. The fourth-order valence-corrected chi connectivity index (χ4v) is 3.65. The fraction of sp³-hybridized carbons (Fsp3) is 0.350. The SMILES string of the molecule is COc1cnc(Cn2c(N3CC[C@@H](F)[C@H](NC(=O)O)C3)nc3ccc(C#N)cc32)nc1. The van der Waals surface area contributed by atoms with Crippen molar-refractivity contribution in [1.29, 1.82) is 5.26 Å². The van der Waals surface area contributed by atoms with Crippen molar-refractivity contribution in [2.45, 2.75) is 25.2 Å². The molecule has 10 nitrogen and oxygen atoms in total. The second-order valence-electron chi connectivity index (χ2n) is 7.16. The number of imidazole rings is 1. The molecule has 2 N–H and O–H groups in total. The second-order valence-corrected chi connectivity index (χ2v) is 7.16. The number of benzene rings is 1. The Morgan fingerprint density at radius 2 is 2.19 bits per heavy atom. The van der Waals surface area contributed by atoms with Gasteiger partial charge in [0.1, 0.15) is 12.0 Å². The summed E-state index contributed by atoms with van der Waals surface area (Å²) in [5.41, 5.74) is 1.84. The average molecular weight is 425 g/mol. The van der Waals surface area contributed by atoms with Crippen LogP contribution in [0.3, 0.4) is 0 Å². The third kappa shape index (κ3) is 4.18. The Morgan fingerprint density at radius 1 is 1.42 bits per heavy atom. The second kappa shape index (κ2) is 8.43. The lowest BCUT2D eigenvalue weighted by Crippen LogP contribution is -2.54. The Bertz CT molecular complexity index is 1140. The van der Waals surface area contributed by atoms with Crippen molar-refractivity contribution >= 4 is 23.1 Å². The molecule has 160 valence electrons. The third-order valence-corrected chi connectivity index (χ3v) is 5.19. The van der Waals surface area contributed by atoms with Gasteiger partial charge < -0.3 is 24.6 Å². The molecule has 1 amide bonds. The predicted molar refractivity (Wildman–Crippen MR) is 109 cm³/mol. The number of hydrogen-bond donors (Lipinski definition) is 2. The summed E-state index contributed by atoms with van der Waals surface area (Å²) in [5.74, 6) is 1.57. The largest absolute Gasteiger partial charge is 0.494 e. The highest BCUT2D eigenvalue weighted by Crippen LogP contribution is 2.27. The fourth-order valence-electron chi connectivity index (χ4n) is 3.65. The zero-order valence-electron chi connectivity index (χ0n) is 16.7. The van der Waals surface area contributed by atoms with Gasteiger partial charge in [0.25, 0.3) is 0 Å². The molecule has 1 aromatic carbocycles. The summed E-state index contributed by atoms with van der Waals surface area (Å²) >= 11 is 0. The zero-order chi connectivity index (χ0) is 22.0. The summed E-state index contributed by atoms with van der Waals surface area (Å²) < 4.78 is 21.2. The molecule has 0 radical (unpaired) electrons. The van der Waals surface area contributed by atoms with Gasteiger partial charge in [-0.15, -0.1) is 0 Å². The highest BCUT2D eigenvalue weighted by molar-refractivity contribution is 5.80. The molecule has 0 aliphatic carbocycles. The minimum absolute atomic E-state index is 0.130. The van der Waals surface area contributed by atoms with Crippen molar-refractivity contribution in [2.24, 2.45) is 0 Å². The number of carbonyl (C=O) groups is 1. The molecule has 31 heavy (non-hydrogen) atoms.